The standard InChI is InChI=1S/C12H16N4OS.ClH/c13-9-3-1-5-16(7-9)8-11-14-12(15-17-11)10-4-2-6-18-10;/h2,4,6,9H,1,3,5,7-8,13H2;1H/t9-;/m1./s1. The molecule has 3 heterocycles. The van der Waals surface area contributed by atoms with Gasteiger partial charge in [0.2, 0.25) is 11.7 Å². The van der Waals surface area contributed by atoms with E-state index in [4.69, 9.17) is 10.3 Å². The molecule has 1 fully saturated rings. The molecule has 0 spiro atoms. The highest BCUT2D eigenvalue weighted by molar-refractivity contribution is 7.13. The SMILES string of the molecule is Cl.N[C@@H]1CCCN(Cc2nc(-c3cccs3)no2)C1. The number of hydrogen-bond donors (Lipinski definition) is 1. The quantitative estimate of drug-likeness (QED) is 0.940. The van der Waals surface area contributed by atoms with Crippen LogP contribution in [0.4, 0.5) is 0 Å². The number of thiophene rings is 1. The minimum absolute atomic E-state index is 0. The van der Waals surface area contributed by atoms with Crippen molar-refractivity contribution in [1.29, 1.82) is 0 Å². The van der Waals surface area contributed by atoms with Crippen LogP contribution in [0.2, 0.25) is 0 Å². The van der Waals surface area contributed by atoms with Crippen LogP contribution in [0.5, 0.6) is 0 Å². The summed E-state index contributed by atoms with van der Waals surface area (Å²) in [5.74, 6) is 1.36. The number of nitrogens with zero attached hydrogens (tertiary/aromatic N) is 3. The number of halogens is 1. The molecule has 2 aromatic heterocycles. The van der Waals surface area contributed by atoms with Crippen LogP contribution < -0.4 is 5.73 Å². The normalized spacial score (nSPS) is 20.2. The maximum atomic E-state index is 5.95. The van der Waals surface area contributed by atoms with Crippen LogP contribution in [0.3, 0.4) is 0 Å². The second kappa shape index (κ2) is 6.47. The number of rotatable bonds is 3. The molecule has 1 saturated heterocycles. The first-order chi connectivity index (χ1) is 8.81. The lowest BCUT2D eigenvalue weighted by atomic mass is 10.1. The van der Waals surface area contributed by atoms with Gasteiger partial charge in [0.15, 0.2) is 0 Å². The van der Waals surface area contributed by atoms with Gasteiger partial charge in [-0.2, -0.15) is 4.98 Å². The minimum atomic E-state index is 0. The van der Waals surface area contributed by atoms with E-state index in [0.29, 0.717) is 18.3 Å². The third-order valence-corrected chi connectivity index (χ3v) is 3.98. The Kier molecular flexibility index (Phi) is 4.93. The number of aromatic nitrogens is 2. The van der Waals surface area contributed by atoms with Crippen LogP contribution in [0.1, 0.15) is 18.7 Å². The average Bonchev–Trinajstić information content (AvgIpc) is 2.98. The van der Waals surface area contributed by atoms with E-state index in [-0.39, 0.29) is 18.4 Å². The van der Waals surface area contributed by atoms with Crippen LogP contribution in [-0.2, 0) is 6.54 Å². The molecular weight excluding hydrogens is 284 g/mol. The number of likely N-dealkylation sites (tertiary alicyclic amines) is 1. The van der Waals surface area contributed by atoms with E-state index in [2.05, 4.69) is 15.0 Å². The van der Waals surface area contributed by atoms with E-state index in [1.165, 1.54) is 0 Å². The Hall–Kier alpha value is -0.950. The van der Waals surface area contributed by atoms with Gasteiger partial charge < -0.3 is 10.3 Å². The predicted octanol–water partition coefficient (Wildman–Crippen LogP) is 2.14. The molecule has 19 heavy (non-hydrogen) atoms. The Morgan fingerprint density at radius 1 is 1.53 bits per heavy atom. The van der Waals surface area contributed by atoms with Crippen LogP contribution in [0.15, 0.2) is 22.0 Å². The molecule has 3 rings (SSSR count). The van der Waals surface area contributed by atoms with Gasteiger partial charge in [-0.1, -0.05) is 11.2 Å². The summed E-state index contributed by atoms with van der Waals surface area (Å²) in [7, 11) is 0. The van der Waals surface area contributed by atoms with Crippen LogP contribution in [0, 0.1) is 0 Å². The molecule has 104 valence electrons. The summed E-state index contributed by atoms with van der Waals surface area (Å²) in [6.07, 6.45) is 2.26. The predicted molar refractivity (Wildman–Crippen MR) is 77.3 cm³/mol. The van der Waals surface area contributed by atoms with Gasteiger partial charge in [-0.25, -0.2) is 0 Å². The van der Waals surface area contributed by atoms with Crippen molar-refractivity contribution in [3.63, 3.8) is 0 Å². The van der Waals surface area contributed by atoms with Gasteiger partial charge in [0.1, 0.15) is 0 Å². The van der Waals surface area contributed by atoms with E-state index < -0.39 is 0 Å². The van der Waals surface area contributed by atoms with Crippen LogP contribution >= 0.6 is 23.7 Å². The lowest BCUT2D eigenvalue weighted by Crippen LogP contribution is -2.42. The molecule has 7 heteroatoms. The molecule has 0 aliphatic carbocycles. The molecule has 1 aliphatic heterocycles. The largest absolute Gasteiger partial charge is 0.338 e. The monoisotopic (exact) mass is 300 g/mol. The van der Waals surface area contributed by atoms with E-state index >= 15 is 0 Å². The summed E-state index contributed by atoms with van der Waals surface area (Å²) < 4.78 is 5.29. The minimum Gasteiger partial charge on any atom is -0.338 e. The molecule has 0 saturated carbocycles. The molecule has 1 aliphatic rings. The van der Waals surface area contributed by atoms with Gasteiger partial charge in [-0.3, -0.25) is 4.90 Å². The van der Waals surface area contributed by atoms with Gasteiger partial charge in [0, 0.05) is 12.6 Å². The van der Waals surface area contributed by atoms with Gasteiger partial charge in [-0.15, -0.1) is 23.7 Å². The molecule has 2 N–H and O–H groups in total. The van der Waals surface area contributed by atoms with E-state index in [1.807, 2.05) is 17.5 Å². The molecule has 0 aromatic carbocycles. The molecule has 0 radical (unpaired) electrons. The lowest BCUT2D eigenvalue weighted by molar-refractivity contribution is 0.178. The van der Waals surface area contributed by atoms with Crippen LogP contribution in [-0.4, -0.2) is 34.2 Å². The maximum Gasteiger partial charge on any atom is 0.241 e. The number of nitrogens with two attached hydrogens (primary N) is 1. The van der Waals surface area contributed by atoms with Crippen molar-refractivity contribution in [2.75, 3.05) is 13.1 Å². The number of hydrogen-bond acceptors (Lipinski definition) is 6. The Bertz CT molecular complexity index is 502. The van der Waals surface area contributed by atoms with Gasteiger partial charge >= 0.3 is 0 Å². The first-order valence-electron chi connectivity index (χ1n) is 6.15. The van der Waals surface area contributed by atoms with E-state index in [0.717, 1.165) is 30.8 Å². The van der Waals surface area contributed by atoms with Crippen LogP contribution in [0.25, 0.3) is 10.7 Å². The molecule has 5 nitrogen and oxygen atoms in total. The van der Waals surface area contributed by atoms with Crippen molar-refractivity contribution in [3.8, 4) is 10.7 Å². The Morgan fingerprint density at radius 3 is 3.16 bits per heavy atom. The van der Waals surface area contributed by atoms with Crippen molar-refractivity contribution in [1.82, 2.24) is 15.0 Å². The first-order valence-corrected chi connectivity index (χ1v) is 7.03. The van der Waals surface area contributed by atoms with Crippen molar-refractivity contribution in [3.05, 3.63) is 23.4 Å². The Morgan fingerprint density at radius 2 is 2.42 bits per heavy atom. The zero-order chi connectivity index (χ0) is 12.4. The van der Waals surface area contributed by atoms with Crippen molar-refractivity contribution >= 4 is 23.7 Å². The highest BCUT2D eigenvalue weighted by atomic mass is 35.5. The van der Waals surface area contributed by atoms with Crippen molar-refractivity contribution in [2.45, 2.75) is 25.4 Å². The van der Waals surface area contributed by atoms with E-state index in [1.54, 1.807) is 11.3 Å². The summed E-state index contributed by atoms with van der Waals surface area (Å²) in [4.78, 5) is 7.74. The van der Waals surface area contributed by atoms with Crippen molar-refractivity contribution < 1.29 is 4.52 Å². The smallest absolute Gasteiger partial charge is 0.241 e. The summed E-state index contributed by atoms with van der Waals surface area (Å²) >= 11 is 1.62. The third kappa shape index (κ3) is 3.54. The van der Waals surface area contributed by atoms with Gasteiger partial charge in [-0.05, 0) is 30.8 Å². The topological polar surface area (TPSA) is 68.2 Å². The average molecular weight is 301 g/mol. The Labute approximate surface area is 122 Å². The maximum absolute atomic E-state index is 5.95. The fourth-order valence-electron chi connectivity index (χ4n) is 2.25. The molecule has 0 unspecified atom stereocenters. The van der Waals surface area contributed by atoms with Crippen molar-refractivity contribution in [2.24, 2.45) is 5.73 Å². The second-order valence-corrected chi connectivity index (χ2v) is 5.57. The molecular formula is C12H17ClN4OS. The fourth-order valence-corrected chi connectivity index (χ4v) is 2.90. The fraction of sp³-hybridized carbons (Fsp3) is 0.500. The highest BCUT2D eigenvalue weighted by Crippen LogP contribution is 2.22. The molecule has 2 aromatic rings. The number of piperidine rings is 1. The Balaban J connectivity index is 0.00000133. The second-order valence-electron chi connectivity index (χ2n) is 4.63. The summed E-state index contributed by atoms with van der Waals surface area (Å²) in [6, 6.07) is 4.26. The lowest BCUT2D eigenvalue weighted by Gasteiger charge is -2.29. The van der Waals surface area contributed by atoms with Gasteiger partial charge in [0.05, 0.1) is 11.4 Å². The third-order valence-electron chi connectivity index (χ3n) is 3.11. The van der Waals surface area contributed by atoms with E-state index in [9.17, 15) is 0 Å². The zero-order valence-corrected chi connectivity index (χ0v) is 12.1. The molecule has 1 atom stereocenters. The molecule has 0 bridgehead atoms. The van der Waals surface area contributed by atoms with Gasteiger partial charge in [0.25, 0.3) is 0 Å². The first kappa shape index (κ1) is 14.5. The summed E-state index contributed by atoms with van der Waals surface area (Å²) in [6.45, 7) is 2.67. The summed E-state index contributed by atoms with van der Waals surface area (Å²) in [5.41, 5.74) is 5.95. The molecule has 0 amide bonds. The summed E-state index contributed by atoms with van der Waals surface area (Å²) in [5, 5.41) is 6.02. The zero-order valence-electron chi connectivity index (χ0n) is 10.5. The highest BCUT2D eigenvalue weighted by Gasteiger charge is 2.19.